The van der Waals surface area contributed by atoms with E-state index in [2.05, 4.69) is 4.98 Å². The number of rotatable bonds is 8. The van der Waals surface area contributed by atoms with Crippen LogP contribution in [0.3, 0.4) is 0 Å². The van der Waals surface area contributed by atoms with Gasteiger partial charge in [-0.1, -0.05) is 13.8 Å². The van der Waals surface area contributed by atoms with E-state index in [1.807, 2.05) is 13.8 Å². The Morgan fingerprint density at radius 3 is 2.52 bits per heavy atom. The number of carbonyl (C=O) groups is 1. The molecule has 0 radical (unpaired) electrons. The molecule has 21 heavy (non-hydrogen) atoms. The molecule has 0 aromatic carbocycles. The Labute approximate surface area is 122 Å². The summed E-state index contributed by atoms with van der Waals surface area (Å²) in [5, 5.41) is 29.3. The largest absolute Gasteiger partial charge is 0.478 e. The van der Waals surface area contributed by atoms with Crippen molar-refractivity contribution in [3.63, 3.8) is 0 Å². The summed E-state index contributed by atoms with van der Waals surface area (Å²) in [6.45, 7) is 3.91. The summed E-state index contributed by atoms with van der Waals surface area (Å²) in [6.07, 6.45) is 2.56. The SMILES string of the molecule is CCC(CC)N(CCO)c1ncc(C(=O)O)cc1[N+](=O)[O-]. The first-order valence-corrected chi connectivity index (χ1v) is 6.71. The monoisotopic (exact) mass is 297 g/mol. The summed E-state index contributed by atoms with van der Waals surface area (Å²) in [6, 6.07) is 0.983. The van der Waals surface area contributed by atoms with Crippen molar-refractivity contribution < 1.29 is 19.9 Å². The second kappa shape index (κ2) is 7.53. The molecule has 0 aliphatic carbocycles. The summed E-state index contributed by atoms with van der Waals surface area (Å²) in [4.78, 5) is 27.1. The first kappa shape index (κ1) is 16.8. The lowest BCUT2D eigenvalue weighted by Gasteiger charge is -2.30. The fourth-order valence-electron chi connectivity index (χ4n) is 2.22. The van der Waals surface area contributed by atoms with Crippen molar-refractivity contribution in [2.45, 2.75) is 32.7 Å². The molecule has 8 heteroatoms. The van der Waals surface area contributed by atoms with Crippen LogP contribution in [-0.2, 0) is 0 Å². The second-order valence-corrected chi connectivity index (χ2v) is 4.52. The highest BCUT2D eigenvalue weighted by Gasteiger charge is 2.26. The fraction of sp³-hybridized carbons (Fsp3) is 0.538. The van der Waals surface area contributed by atoms with Gasteiger partial charge in [0.1, 0.15) is 0 Å². The summed E-state index contributed by atoms with van der Waals surface area (Å²) in [5.74, 6) is -1.18. The minimum Gasteiger partial charge on any atom is -0.478 e. The van der Waals surface area contributed by atoms with Gasteiger partial charge in [0.2, 0.25) is 5.82 Å². The molecule has 116 valence electrons. The van der Waals surface area contributed by atoms with E-state index >= 15 is 0 Å². The van der Waals surface area contributed by atoms with Gasteiger partial charge in [-0.2, -0.15) is 0 Å². The van der Waals surface area contributed by atoms with E-state index < -0.39 is 10.9 Å². The highest BCUT2D eigenvalue weighted by atomic mass is 16.6. The van der Waals surface area contributed by atoms with Gasteiger partial charge in [-0.3, -0.25) is 10.1 Å². The molecule has 0 fully saturated rings. The molecule has 2 N–H and O–H groups in total. The Hall–Kier alpha value is -2.22. The smallest absolute Gasteiger partial charge is 0.337 e. The fourth-order valence-corrected chi connectivity index (χ4v) is 2.22. The summed E-state index contributed by atoms with van der Waals surface area (Å²) < 4.78 is 0. The highest BCUT2D eigenvalue weighted by molar-refractivity contribution is 5.88. The van der Waals surface area contributed by atoms with Crippen molar-refractivity contribution >= 4 is 17.5 Å². The van der Waals surface area contributed by atoms with E-state index in [1.54, 1.807) is 4.90 Å². The third kappa shape index (κ3) is 3.88. The van der Waals surface area contributed by atoms with Gasteiger partial charge in [0.05, 0.1) is 17.1 Å². The van der Waals surface area contributed by atoms with E-state index in [4.69, 9.17) is 5.11 Å². The normalized spacial score (nSPS) is 10.7. The zero-order valence-electron chi connectivity index (χ0n) is 12.0. The van der Waals surface area contributed by atoms with Crippen LogP contribution in [0.2, 0.25) is 0 Å². The van der Waals surface area contributed by atoms with Crippen molar-refractivity contribution in [1.82, 2.24) is 4.98 Å². The van der Waals surface area contributed by atoms with Crippen molar-refractivity contribution in [3.8, 4) is 0 Å². The van der Waals surface area contributed by atoms with Crippen LogP contribution in [0, 0.1) is 10.1 Å². The van der Waals surface area contributed by atoms with E-state index in [1.165, 1.54) is 0 Å². The van der Waals surface area contributed by atoms with Gasteiger partial charge in [0.15, 0.2) is 0 Å². The molecule has 0 atom stereocenters. The molecule has 0 saturated heterocycles. The minimum atomic E-state index is -1.27. The van der Waals surface area contributed by atoms with Crippen LogP contribution < -0.4 is 4.90 Å². The van der Waals surface area contributed by atoms with Crippen molar-refractivity contribution in [2.75, 3.05) is 18.1 Å². The molecule has 0 unspecified atom stereocenters. The van der Waals surface area contributed by atoms with Crippen LogP contribution in [0.5, 0.6) is 0 Å². The molecule has 0 aliphatic heterocycles. The quantitative estimate of drug-likeness (QED) is 0.553. The van der Waals surface area contributed by atoms with Crippen LogP contribution in [0.1, 0.15) is 37.0 Å². The molecule has 1 aromatic rings. The number of anilines is 1. The van der Waals surface area contributed by atoms with E-state index in [0.717, 1.165) is 25.1 Å². The van der Waals surface area contributed by atoms with Gasteiger partial charge in [-0.15, -0.1) is 0 Å². The average molecular weight is 297 g/mol. The van der Waals surface area contributed by atoms with Gasteiger partial charge in [0.25, 0.3) is 0 Å². The maximum atomic E-state index is 11.2. The number of pyridine rings is 1. The number of carboxylic acids is 1. The van der Waals surface area contributed by atoms with Gasteiger partial charge < -0.3 is 15.1 Å². The number of hydrogen-bond donors (Lipinski definition) is 2. The number of carboxylic acid groups (broad SMARTS) is 1. The Morgan fingerprint density at radius 2 is 2.10 bits per heavy atom. The molecule has 0 bridgehead atoms. The number of nitrogens with zero attached hydrogens (tertiary/aromatic N) is 3. The van der Waals surface area contributed by atoms with Crippen LogP contribution in [-0.4, -0.2) is 45.3 Å². The first-order chi connectivity index (χ1) is 9.96. The number of nitro groups is 1. The van der Waals surface area contributed by atoms with Gasteiger partial charge in [0, 0.05) is 24.8 Å². The second-order valence-electron chi connectivity index (χ2n) is 4.52. The van der Waals surface area contributed by atoms with Crippen molar-refractivity contribution in [1.29, 1.82) is 0 Å². The molecule has 0 amide bonds. The minimum absolute atomic E-state index is 0.0148. The molecule has 1 aromatic heterocycles. The Balaban J connectivity index is 3.35. The first-order valence-electron chi connectivity index (χ1n) is 6.71. The Bertz CT molecular complexity index is 517. The number of hydrogen-bond acceptors (Lipinski definition) is 6. The predicted octanol–water partition coefficient (Wildman–Crippen LogP) is 1.68. The zero-order chi connectivity index (χ0) is 16.0. The third-order valence-electron chi connectivity index (χ3n) is 3.29. The standard InChI is InChI=1S/C13H19N3O5/c1-3-10(4-2)15(5-6-17)12-11(16(20)21)7-9(8-14-12)13(18)19/h7-8,10,17H,3-6H2,1-2H3,(H,18,19). The van der Waals surface area contributed by atoms with Gasteiger partial charge >= 0.3 is 11.7 Å². The maximum Gasteiger partial charge on any atom is 0.337 e. The molecule has 8 nitrogen and oxygen atoms in total. The molecular formula is C13H19N3O5. The van der Waals surface area contributed by atoms with E-state index in [0.29, 0.717) is 0 Å². The predicted molar refractivity (Wildman–Crippen MR) is 76.7 cm³/mol. The highest BCUT2D eigenvalue weighted by Crippen LogP contribution is 2.29. The number of aromatic carboxylic acids is 1. The van der Waals surface area contributed by atoms with Crippen LogP contribution in [0.4, 0.5) is 11.5 Å². The van der Waals surface area contributed by atoms with Gasteiger partial charge in [-0.05, 0) is 12.8 Å². The lowest BCUT2D eigenvalue weighted by atomic mass is 10.1. The number of aliphatic hydroxyl groups excluding tert-OH is 1. The van der Waals surface area contributed by atoms with Crippen molar-refractivity contribution in [2.24, 2.45) is 0 Å². The molecule has 0 aliphatic rings. The zero-order valence-corrected chi connectivity index (χ0v) is 12.0. The molecule has 0 saturated carbocycles. The average Bonchev–Trinajstić information content (AvgIpc) is 2.46. The van der Waals surface area contributed by atoms with Crippen molar-refractivity contribution in [3.05, 3.63) is 27.9 Å². The molecule has 1 rings (SSSR count). The summed E-state index contributed by atoms with van der Waals surface area (Å²) in [5.41, 5.74) is -0.603. The Kier molecular flexibility index (Phi) is 6.04. The molecule has 1 heterocycles. The van der Waals surface area contributed by atoms with Crippen LogP contribution >= 0.6 is 0 Å². The number of aliphatic hydroxyl groups is 1. The van der Waals surface area contributed by atoms with E-state index in [-0.39, 0.29) is 36.3 Å². The number of aromatic nitrogens is 1. The van der Waals surface area contributed by atoms with Crippen LogP contribution in [0.15, 0.2) is 12.3 Å². The van der Waals surface area contributed by atoms with Gasteiger partial charge in [-0.25, -0.2) is 9.78 Å². The molecule has 0 spiro atoms. The summed E-state index contributed by atoms with van der Waals surface area (Å²) in [7, 11) is 0. The topological polar surface area (TPSA) is 117 Å². The van der Waals surface area contributed by atoms with Crippen LogP contribution in [0.25, 0.3) is 0 Å². The molecular weight excluding hydrogens is 278 g/mol. The lowest BCUT2D eigenvalue weighted by Crippen LogP contribution is -2.37. The maximum absolute atomic E-state index is 11.2. The third-order valence-corrected chi connectivity index (χ3v) is 3.29. The van der Waals surface area contributed by atoms with E-state index in [9.17, 15) is 20.0 Å². The lowest BCUT2D eigenvalue weighted by molar-refractivity contribution is -0.384. The Morgan fingerprint density at radius 1 is 1.48 bits per heavy atom. The summed E-state index contributed by atoms with van der Waals surface area (Å²) >= 11 is 0.